The van der Waals surface area contributed by atoms with E-state index in [0.717, 1.165) is 23.4 Å². The maximum atomic E-state index is 13.5. The van der Waals surface area contributed by atoms with Crippen molar-refractivity contribution >= 4 is 28.4 Å². The third kappa shape index (κ3) is 3.99. The van der Waals surface area contributed by atoms with Gasteiger partial charge in [-0.1, -0.05) is 29.8 Å². The molecule has 0 aliphatic carbocycles. The van der Waals surface area contributed by atoms with Gasteiger partial charge in [0.2, 0.25) is 0 Å². The first-order valence-electron chi connectivity index (χ1n) is 10.0. The van der Waals surface area contributed by atoms with Crippen molar-refractivity contribution in [2.75, 3.05) is 7.05 Å². The van der Waals surface area contributed by atoms with E-state index in [1.807, 2.05) is 36.7 Å². The number of fused-ring (bicyclic) bond motifs is 1. The topological polar surface area (TPSA) is 71.2 Å². The van der Waals surface area contributed by atoms with Gasteiger partial charge in [-0.2, -0.15) is 5.10 Å². The van der Waals surface area contributed by atoms with E-state index in [2.05, 4.69) is 10.1 Å². The molecule has 2 aromatic heterocycles. The lowest BCUT2D eigenvalue weighted by Gasteiger charge is -2.19. The van der Waals surface area contributed by atoms with Gasteiger partial charge < -0.3 is 10.0 Å². The number of carbonyl (C=O) groups is 1. The van der Waals surface area contributed by atoms with Crippen molar-refractivity contribution in [3.63, 3.8) is 0 Å². The summed E-state index contributed by atoms with van der Waals surface area (Å²) < 4.78 is 1.91. The van der Waals surface area contributed by atoms with Crippen LogP contribution in [0.2, 0.25) is 5.02 Å². The molecule has 1 N–H and O–H groups in total. The number of benzene rings is 2. The molecule has 0 saturated heterocycles. The van der Waals surface area contributed by atoms with E-state index in [-0.39, 0.29) is 11.7 Å². The van der Waals surface area contributed by atoms with Gasteiger partial charge in [0, 0.05) is 53.4 Å². The second-order valence-corrected chi connectivity index (χ2v) is 7.88. The third-order valence-corrected chi connectivity index (χ3v) is 5.76. The molecule has 0 fully saturated rings. The fourth-order valence-electron chi connectivity index (χ4n) is 3.69. The van der Waals surface area contributed by atoms with E-state index in [1.54, 1.807) is 48.5 Å². The number of aromatic nitrogens is 3. The highest BCUT2D eigenvalue weighted by Crippen LogP contribution is 2.31. The monoisotopic (exact) mass is 434 g/mol. The summed E-state index contributed by atoms with van der Waals surface area (Å²) in [6.45, 7) is 5.26. The Morgan fingerprint density at radius 1 is 1.19 bits per heavy atom. The molecule has 0 saturated carbocycles. The van der Waals surface area contributed by atoms with Gasteiger partial charge in [0.25, 0.3) is 5.91 Å². The van der Waals surface area contributed by atoms with Crippen LogP contribution in [0.5, 0.6) is 5.75 Å². The largest absolute Gasteiger partial charge is 0.508 e. The Balaban J connectivity index is 1.78. The number of aromatic hydroxyl groups is 1. The zero-order chi connectivity index (χ0) is 22.1. The lowest BCUT2D eigenvalue weighted by Crippen LogP contribution is -2.26. The number of phenols is 1. The molecule has 4 aromatic rings. The first-order valence-corrected chi connectivity index (χ1v) is 10.4. The van der Waals surface area contributed by atoms with Crippen molar-refractivity contribution in [2.24, 2.45) is 0 Å². The van der Waals surface area contributed by atoms with Crippen LogP contribution in [-0.4, -0.2) is 37.7 Å². The summed E-state index contributed by atoms with van der Waals surface area (Å²) in [6.07, 6.45) is 1.81. The summed E-state index contributed by atoms with van der Waals surface area (Å²) >= 11 is 6.38. The lowest BCUT2D eigenvalue weighted by atomic mass is 10.0. The smallest absolute Gasteiger partial charge is 0.254 e. The molecule has 2 heterocycles. The fraction of sp³-hybridized carbons (Fsp3) is 0.208. The Labute approximate surface area is 185 Å². The molecule has 0 atom stereocenters. The van der Waals surface area contributed by atoms with Gasteiger partial charge >= 0.3 is 0 Å². The Bertz CT molecular complexity index is 1280. The number of amides is 1. The highest BCUT2D eigenvalue weighted by molar-refractivity contribution is 6.33. The zero-order valence-electron chi connectivity index (χ0n) is 17.6. The predicted octanol–water partition coefficient (Wildman–Crippen LogP) is 5.06. The van der Waals surface area contributed by atoms with E-state index in [9.17, 15) is 9.90 Å². The number of aryl methyl sites for hydroxylation is 1. The zero-order valence-corrected chi connectivity index (χ0v) is 18.4. The molecule has 0 aliphatic rings. The standard InChI is InChI=1S/C24H23ClN4O2/c1-4-29-15(2)16(13-26-29)14-28(3)24(31)20-12-23(19-7-5-6-8-21(19)25)27-22-11-17(30)9-10-18(20)22/h5-13,30H,4,14H2,1-3H3. The average Bonchev–Trinajstić information content (AvgIpc) is 3.11. The summed E-state index contributed by atoms with van der Waals surface area (Å²) in [7, 11) is 1.77. The molecule has 7 heteroatoms. The molecule has 2 aromatic carbocycles. The quantitative estimate of drug-likeness (QED) is 0.476. The molecule has 1 amide bonds. The van der Waals surface area contributed by atoms with Crippen molar-refractivity contribution in [1.82, 2.24) is 19.7 Å². The third-order valence-electron chi connectivity index (χ3n) is 5.43. The van der Waals surface area contributed by atoms with Crippen molar-refractivity contribution < 1.29 is 9.90 Å². The van der Waals surface area contributed by atoms with E-state index >= 15 is 0 Å². The van der Waals surface area contributed by atoms with Crippen LogP contribution in [-0.2, 0) is 13.1 Å². The number of halogens is 1. The molecule has 6 nitrogen and oxygen atoms in total. The average molecular weight is 435 g/mol. The minimum absolute atomic E-state index is 0.0886. The van der Waals surface area contributed by atoms with E-state index in [4.69, 9.17) is 11.6 Å². The molecule has 4 rings (SSSR count). The lowest BCUT2D eigenvalue weighted by molar-refractivity contribution is 0.0787. The van der Waals surface area contributed by atoms with Crippen LogP contribution in [0, 0.1) is 6.92 Å². The van der Waals surface area contributed by atoms with Crippen molar-refractivity contribution in [2.45, 2.75) is 26.9 Å². The van der Waals surface area contributed by atoms with Crippen molar-refractivity contribution in [1.29, 1.82) is 0 Å². The van der Waals surface area contributed by atoms with Crippen LogP contribution in [0.3, 0.4) is 0 Å². The van der Waals surface area contributed by atoms with Gasteiger partial charge in [0.05, 0.1) is 23.0 Å². The minimum Gasteiger partial charge on any atom is -0.508 e. The number of pyridine rings is 1. The van der Waals surface area contributed by atoms with E-state index in [1.165, 1.54) is 0 Å². The first-order chi connectivity index (χ1) is 14.9. The molecule has 0 unspecified atom stereocenters. The predicted molar refractivity (Wildman–Crippen MR) is 122 cm³/mol. The Morgan fingerprint density at radius 3 is 2.68 bits per heavy atom. The summed E-state index contributed by atoms with van der Waals surface area (Å²) in [5, 5.41) is 15.6. The van der Waals surface area contributed by atoms with Gasteiger partial charge in [-0.3, -0.25) is 9.48 Å². The second kappa shape index (κ2) is 8.40. The summed E-state index contributed by atoms with van der Waals surface area (Å²) in [5.41, 5.74) is 4.39. The summed E-state index contributed by atoms with van der Waals surface area (Å²) in [6, 6.07) is 14.0. The van der Waals surface area contributed by atoms with Gasteiger partial charge in [-0.15, -0.1) is 0 Å². The number of phenolic OH excluding ortho intramolecular Hbond substituents is 1. The van der Waals surface area contributed by atoms with Crippen LogP contribution in [0.1, 0.15) is 28.5 Å². The van der Waals surface area contributed by atoms with E-state index in [0.29, 0.717) is 33.7 Å². The number of rotatable bonds is 5. The van der Waals surface area contributed by atoms with Crippen LogP contribution in [0.25, 0.3) is 22.2 Å². The molecular formula is C24H23ClN4O2. The van der Waals surface area contributed by atoms with Gasteiger partial charge in [0.1, 0.15) is 5.75 Å². The number of hydrogen-bond donors (Lipinski definition) is 1. The van der Waals surface area contributed by atoms with Crippen LogP contribution >= 0.6 is 11.6 Å². The highest BCUT2D eigenvalue weighted by atomic mass is 35.5. The molecule has 0 radical (unpaired) electrons. The summed E-state index contributed by atoms with van der Waals surface area (Å²) in [5.74, 6) is -0.0549. The van der Waals surface area contributed by atoms with Crippen molar-refractivity contribution in [3.8, 4) is 17.0 Å². The molecule has 0 bridgehead atoms. The number of carbonyl (C=O) groups excluding carboxylic acids is 1. The maximum Gasteiger partial charge on any atom is 0.254 e. The molecule has 158 valence electrons. The SMILES string of the molecule is CCn1ncc(CN(C)C(=O)c2cc(-c3ccccc3Cl)nc3cc(O)ccc23)c1C. The van der Waals surface area contributed by atoms with Crippen LogP contribution < -0.4 is 0 Å². The Hall–Kier alpha value is -3.38. The first kappa shape index (κ1) is 20.9. The van der Waals surface area contributed by atoms with Crippen LogP contribution in [0.4, 0.5) is 0 Å². The van der Waals surface area contributed by atoms with E-state index < -0.39 is 0 Å². The van der Waals surface area contributed by atoms with Crippen molar-refractivity contribution in [3.05, 3.63) is 76.6 Å². The Morgan fingerprint density at radius 2 is 1.97 bits per heavy atom. The van der Waals surface area contributed by atoms with Gasteiger partial charge in [-0.25, -0.2) is 4.98 Å². The molecule has 0 spiro atoms. The molecule has 0 aliphatic heterocycles. The number of hydrogen-bond acceptors (Lipinski definition) is 4. The number of nitrogens with zero attached hydrogens (tertiary/aromatic N) is 4. The maximum absolute atomic E-state index is 13.5. The highest BCUT2D eigenvalue weighted by Gasteiger charge is 2.20. The van der Waals surface area contributed by atoms with Gasteiger partial charge in [-0.05, 0) is 38.1 Å². The molecule has 31 heavy (non-hydrogen) atoms. The van der Waals surface area contributed by atoms with Gasteiger partial charge in [0.15, 0.2) is 0 Å². The minimum atomic E-state index is -0.143. The second-order valence-electron chi connectivity index (χ2n) is 7.47. The fourth-order valence-corrected chi connectivity index (χ4v) is 3.93. The Kier molecular flexibility index (Phi) is 5.65. The summed E-state index contributed by atoms with van der Waals surface area (Å²) in [4.78, 5) is 19.8. The normalized spacial score (nSPS) is 11.1. The van der Waals surface area contributed by atoms with Crippen LogP contribution in [0.15, 0.2) is 54.7 Å². The molecular weight excluding hydrogens is 412 g/mol.